The van der Waals surface area contributed by atoms with E-state index in [9.17, 15) is 8.42 Å². The number of hydrogen-bond donors (Lipinski definition) is 0. The Bertz CT molecular complexity index is 801. The van der Waals surface area contributed by atoms with Gasteiger partial charge in [0.15, 0.2) is 0 Å². The average molecular weight is 496 g/mol. The molecular weight excluding hydrogens is 484 g/mol. The second-order valence-corrected chi connectivity index (χ2v) is 10.8. The van der Waals surface area contributed by atoms with Crippen molar-refractivity contribution in [1.82, 2.24) is 0 Å². The SMILES string of the molecule is O=S(=O)(Oc1ccc(C2SCCS2)cc1)c1cc(Br)ccc1Br. The molecule has 8 heteroatoms. The van der Waals surface area contributed by atoms with Crippen molar-refractivity contribution >= 4 is 65.5 Å². The summed E-state index contributed by atoms with van der Waals surface area (Å²) in [5, 5.41) is 0. The van der Waals surface area contributed by atoms with E-state index in [1.54, 1.807) is 24.3 Å². The van der Waals surface area contributed by atoms with Crippen LogP contribution < -0.4 is 4.18 Å². The summed E-state index contributed by atoms with van der Waals surface area (Å²) in [6, 6.07) is 12.2. The summed E-state index contributed by atoms with van der Waals surface area (Å²) in [5.74, 6) is 2.62. The molecule has 0 unspecified atom stereocenters. The zero-order valence-corrected chi connectivity index (χ0v) is 17.4. The first-order valence-electron chi connectivity index (χ1n) is 6.68. The predicted octanol–water partition coefficient (Wildman–Crippen LogP) is 5.46. The highest BCUT2D eigenvalue weighted by Crippen LogP contribution is 2.45. The highest BCUT2D eigenvalue weighted by Gasteiger charge is 2.22. The van der Waals surface area contributed by atoms with E-state index < -0.39 is 10.1 Å². The number of hydrogen-bond acceptors (Lipinski definition) is 5. The molecule has 1 heterocycles. The topological polar surface area (TPSA) is 43.4 Å². The molecule has 0 atom stereocenters. The van der Waals surface area contributed by atoms with Gasteiger partial charge in [-0.25, -0.2) is 0 Å². The van der Waals surface area contributed by atoms with Crippen LogP contribution in [0.2, 0.25) is 0 Å². The molecule has 122 valence electrons. The van der Waals surface area contributed by atoms with Crippen LogP contribution in [0, 0.1) is 0 Å². The van der Waals surface area contributed by atoms with Crippen LogP contribution in [0.1, 0.15) is 10.1 Å². The maximum atomic E-state index is 12.4. The van der Waals surface area contributed by atoms with Crippen molar-refractivity contribution < 1.29 is 12.6 Å². The molecule has 1 aliphatic rings. The van der Waals surface area contributed by atoms with Crippen LogP contribution in [-0.2, 0) is 10.1 Å². The van der Waals surface area contributed by atoms with Gasteiger partial charge < -0.3 is 4.18 Å². The third-order valence-corrected chi connectivity index (χ3v) is 8.98. The Labute approximate surface area is 161 Å². The Morgan fingerprint density at radius 2 is 1.65 bits per heavy atom. The zero-order valence-electron chi connectivity index (χ0n) is 11.7. The maximum absolute atomic E-state index is 12.4. The third-order valence-electron chi connectivity index (χ3n) is 3.14. The molecule has 2 aromatic rings. The van der Waals surface area contributed by atoms with Gasteiger partial charge in [0.25, 0.3) is 0 Å². The molecule has 3 rings (SSSR count). The van der Waals surface area contributed by atoms with E-state index in [4.69, 9.17) is 4.18 Å². The smallest absolute Gasteiger partial charge is 0.340 e. The quantitative estimate of drug-likeness (QED) is 0.527. The number of benzene rings is 2. The van der Waals surface area contributed by atoms with Gasteiger partial charge >= 0.3 is 10.1 Å². The molecule has 0 aromatic heterocycles. The Kier molecular flexibility index (Phi) is 5.68. The van der Waals surface area contributed by atoms with Gasteiger partial charge in [-0.05, 0) is 51.8 Å². The number of thioether (sulfide) groups is 2. The Balaban J connectivity index is 1.81. The van der Waals surface area contributed by atoms with E-state index in [0.29, 0.717) is 19.3 Å². The van der Waals surface area contributed by atoms with Gasteiger partial charge in [-0.2, -0.15) is 8.42 Å². The van der Waals surface area contributed by atoms with E-state index in [2.05, 4.69) is 31.9 Å². The van der Waals surface area contributed by atoms with Crippen molar-refractivity contribution in [3.05, 3.63) is 57.0 Å². The molecule has 0 spiro atoms. The van der Waals surface area contributed by atoms with Gasteiger partial charge in [-0.15, -0.1) is 23.5 Å². The van der Waals surface area contributed by atoms with E-state index in [-0.39, 0.29) is 4.90 Å². The summed E-state index contributed by atoms with van der Waals surface area (Å²) in [4.78, 5) is 0.0952. The van der Waals surface area contributed by atoms with Crippen molar-refractivity contribution in [3.8, 4) is 5.75 Å². The van der Waals surface area contributed by atoms with E-state index in [1.807, 2.05) is 35.7 Å². The highest BCUT2D eigenvalue weighted by molar-refractivity contribution is 9.11. The first kappa shape index (κ1) is 17.7. The van der Waals surface area contributed by atoms with E-state index >= 15 is 0 Å². The standard InChI is InChI=1S/C15H12Br2O3S3/c16-11-3-6-13(17)14(9-11)23(18,19)20-12-4-1-10(2-5-12)15-21-7-8-22-15/h1-6,9,15H,7-8H2. The first-order valence-corrected chi connectivity index (χ1v) is 11.8. The lowest BCUT2D eigenvalue weighted by atomic mass is 10.2. The fraction of sp³-hybridized carbons (Fsp3) is 0.200. The summed E-state index contributed by atoms with van der Waals surface area (Å²) < 4.78 is 31.7. The van der Waals surface area contributed by atoms with Gasteiger partial charge in [0.1, 0.15) is 10.6 Å². The molecule has 23 heavy (non-hydrogen) atoms. The molecule has 1 saturated heterocycles. The molecule has 0 radical (unpaired) electrons. The van der Waals surface area contributed by atoms with Crippen molar-refractivity contribution in [2.75, 3.05) is 11.5 Å². The minimum atomic E-state index is -3.89. The molecule has 0 N–H and O–H groups in total. The fourth-order valence-corrected chi connectivity index (χ4v) is 7.32. The molecule has 1 aliphatic heterocycles. The summed E-state index contributed by atoms with van der Waals surface area (Å²) in [6.07, 6.45) is 0. The number of halogens is 2. The van der Waals surface area contributed by atoms with Gasteiger partial charge in [0.05, 0.1) is 4.58 Å². The monoisotopic (exact) mass is 494 g/mol. The normalized spacial score (nSPS) is 15.7. The van der Waals surface area contributed by atoms with E-state index in [1.165, 1.54) is 11.6 Å². The van der Waals surface area contributed by atoms with Crippen LogP contribution in [0.25, 0.3) is 0 Å². The average Bonchev–Trinajstić information content (AvgIpc) is 3.04. The summed E-state index contributed by atoms with van der Waals surface area (Å²) in [6.45, 7) is 0. The highest BCUT2D eigenvalue weighted by atomic mass is 79.9. The predicted molar refractivity (Wildman–Crippen MR) is 104 cm³/mol. The third kappa shape index (κ3) is 4.28. The Morgan fingerprint density at radius 1 is 1.00 bits per heavy atom. The first-order chi connectivity index (χ1) is 11.0. The Hall–Kier alpha value is -0.150. The van der Waals surface area contributed by atoms with Crippen molar-refractivity contribution in [3.63, 3.8) is 0 Å². The van der Waals surface area contributed by atoms with Gasteiger partial charge in [-0.1, -0.05) is 28.1 Å². The van der Waals surface area contributed by atoms with Crippen molar-refractivity contribution in [1.29, 1.82) is 0 Å². The number of rotatable bonds is 4. The molecule has 0 aliphatic carbocycles. The van der Waals surface area contributed by atoms with Crippen LogP contribution in [-0.4, -0.2) is 19.9 Å². The van der Waals surface area contributed by atoms with Crippen molar-refractivity contribution in [2.24, 2.45) is 0 Å². The van der Waals surface area contributed by atoms with Crippen LogP contribution in [0.4, 0.5) is 0 Å². The summed E-state index contributed by atoms with van der Waals surface area (Å²) in [7, 11) is -3.89. The largest absolute Gasteiger partial charge is 0.379 e. The summed E-state index contributed by atoms with van der Waals surface area (Å²) in [5.41, 5.74) is 1.19. The minimum Gasteiger partial charge on any atom is -0.379 e. The lowest BCUT2D eigenvalue weighted by Gasteiger charge is -2.11. The van der Waals surface area contributed by atoms with Crippen molar-refractivity contribution in [2.45, 2.75) is 9.48 Å². The van der Waals surface area contributed by atoms with Crippen LogP contribution in [0.15, 0.2) is 56.3 Å². The lowest BCUT2D eigenvalue weighted by molar-refractivity contribution is 0.485. The summed E-state index contributed by atoms with van der Waals surface area (Å²) >= 11 is 10.3. The molecule has 2 aromatic carbocycles. The van der Waals surface area contributed by atoms with E-state index in [0.717, 1.165) is 11.5 Å². The maximum Gasteiger partial charge on any atom is 0.340 e. The second kappa shape index (κ2) is 7.39. The molecule has 3 nitrogen and oxygen atoms in total. The minimum absolute atomic E-state index is 0.0952. The molecule has 0 bridgehead atoms. The molecule has 0 amide bonds. The zero-order chi connectivity index (χ0) is 16.4. The Morgan fingerprint density at radius 3 is 2.30 bits per heavy atom. The van der Waals surface area contributed by atoms with Crippen LogP contribution in [0.3, 0.4) is 0 Å². The van der Waals surface area contributed by atoms with Crippen LogP contribution in [0.5, 0.6) is 5.75 Å². The van der Waals surface area contributed by atoms with Gasteiger partial charge in [-0.3, -0.25) is 0 Å². The lowest BCUT2D eigenvalue weighted by Crippen LogP contribution is -2.10. The van der Waals surface area contributed by atoms with Gasteiger partial charge in [0, 0.05) is 20.5 Å². The molecule has 0 saturated carbocycles. The molecular formula is C15H12Br2O3S3. The fourth-order valence-electron chi connectivity index (χ4n) is 2.07. The molecule has 1 fully saturated rings. The second-order valence-electron chi connectivity index (χ2n) is 4.75. The van der Waals surface area contributed by atoms with Gasteiger partial charge in [0.2, 0.25) is 0 Å². The van der Waals surface area contributed by atoms with Crippen LogP contribution >= 0.6 is 55.4 Å².